The zero-order valence-corrected chi connectivity index (χ0v) is 15.2. The maximum absolute atomic E-state index is 12.9. The fourth-order valence-electron chi connectivity index (χ4n) is 4.09. The monoisotopic (exact) mass is 370 g/mol. The summed E-state index contributed by atoms with van der Waals surface area (Å²) in [5, 5.41) is 4.95. The molecule has 1 spiro atoms. The topological polar surface area (TPSA) is 98.8 Å². The summed E-state index contributed by atoms with van der Waals surface area (Å²) in [5.41, 5.74) is 1.03. The van der Waals surface area contributed by atoms with Crippen LogP contribution in [-0.2, 0) is 14.4 Å². The first-order valence-corrected chi connectivity index (χ1v) is 9.17. The van der Waals surface area contributed by atoms with E-state index in [1.165, 1.54) is 0 Å². The Labute approximate surface area is 156 Å². The molecule has 142 valence electrons. The van der Waals surface area contributed by atoms with Crippen LogP contribution >= 0.6 is 0 Å². The molecule has 5 amide bonds. The highest BCUT2D eigenvalue weighted by atomic mass is 16.2. The van der Waals surface area contributed by atoms with Crippen molar-refractivity contribution in [2.75, 3.05) is 24.5 Å². The highest BCUT2D eigenvalue weighted by molar-refractivity contribution is 6.07. The average molecular weight is 370 g/mol. The van der Waals surface area contributed by atoms with Gasteiger partial charge in [0.25, 0.3) is 5.91 Å². The van der Waals surface area contributed by atoms with Crippen LogP contribution in [0.4, 0.5) is 10.5 Å². The number of rotatable bonds is 2. The molecule has 3 heterocycles. The number of nitrogens with one attached hydrogen (secondary N) is 2. The van der Waals surface area contributed by atoms with Crippen molar-refractivity contribution in [3.8, 4) is 0 Å². The number of likely N-dealkylation sites (tertiary alicyclic amines) is 1. The van der Waals surface area contributed by atoms with E-state index < -0.39 is 11.6 Å². The van der Waals surface area contributed by atoms with Crippen LogP contribution in [-0.4, -0.2) is 53.8 Å². The summed E-state index contributed by atoms with van der Waals surface area (Å²) in [6, 6.07) is 7.21. The van der Waals surface area contributed by atoms with Crippen molar-refractivity contribution in [2.24, 2.45) is 5.92 Å². The Morgan fingerprint density at radius 3 is 2.37 bits per heavy atom. The van der Waals surface area contributed by atoms with E-state index in [2.05, 4.69) is 10.6 Å². The van der Waals surface area contributed by atoms with Crippen molar-refractivity contribution >= 4 is 29.4 Å². The van der Waals surface area contributed by atoms with Gasteiger partial charge in [0.05, 0.1) is 5.92 Å². The summed E-state index contributed by atoms with van der Waals surface area (Å²) in [4.78, 5) is 52.1. The predicted molar refractivity (Wildman–Crippen MR) is 96.9 cm³/mol. The zero-order chi connectivity index (χ0) is 19.2. The van der Waals surface area contributed by atoms with Crippen molar-refractivity contribution < 1.29 is 19.2 Å². The third-order valence-corrected chi connectivity index (χ3v) is 5.76. The lowest BCUT2D eigenvalue weighted by Crippen LogP contribution is -2.56. The molecule has 8 nitrogen and oxygen atoms in total. The fraction of sp³-hybridized carbons (Fsp3) is 0.474. The van der Waals surface area contributed by atoms with Gasteiger partial charge in [0.2, 0.25) is 11.8 Å². The number of anilines is 1. The third kappa shape index (κ3) is 3.05. The number of amides is 5. The molecule has 1 unspecified atom stereocenters. The maximum Gasteiger partial charge on any atom is 0.322 e. The van der Waals surface area contributed by atoms with E-state index in [0.29, 0.717) is 32.5 Å². The molecule has 3 aliphatic heterocycles. The Morgan fingerprint density at radius 2 is 1.78 bits per heavy atom. The molecule has 2 N–H and O–H groups in total. The molecule has 8 heteroatoms. The molecule has 1 aromatic carbocycles. The van der Waals surface area contributed by atoms with Gasteiger partial charge >= 0.3 is 6.03 Å². The van der Waals surface area contributed by atoms with Crippen molar-refractivity contribution in [3.05, 3.63) is 29.8 Å². The number of carbonyl (C=O) groups is 4. The van der Waals surface area contributed by atoms with Gasteiger partial charge in [-0.3, -0.25) is 19.7 Å². The first-order valence-electron chi connectivity index (χ1n) is 9.17. The normalized spacial score (nSPS) is 24.3. The molecule has 27 heavy (non-hydrogen) atoms. The van der Waals surface area contributed by atoms with Gasteiger partial charge in [0.15, 0.2) is 0 Å². The first-order chi connectivity index (χ1) is 12.9. The largest absolute Gasteiger partial charge is 0.342 e. The van der Waals surface area contributed by atoms with Crippen molar-refractivity contribution in [1.82, 2.24) is 15.5 Å². The standard InChI is InChI=1S/C19H22N4O4/c1-12-2-4-14(5-3-12)23-11-13(10-15(23)24)16(25)22-8-6-19(7-9-22)17(26)20-18(27)21-19/h2-5,13H,6-11H2,1H3,(H2,20,21,26,27). The summed E-state index contributed by atoms with van der Waals surface area (Å²) in [6.07, 6.45) is 0.975. The second kappa shape index (κ2) is 6.37. The molecular weight excluding hydrogens is 348 g/mol. The van der Waals surface area contributed by atoms with Crippen LogP contribution in [0, 0.1) is 12.8 Å². The summed E-state index contributed by atoms with van der Waals surface area (Å²) in [5.74, 6) is -0.799. The quantitative estimate of drug-likeness (QED) is 0.743. The second-order valence-corrected chi connectivity index (χ2v) is 7.56. The SMILES string of the molecule is Cc1ccc(N2CC(C(=O)N3CCC4(CC3)NC(=O)NC4=O)CC2=O)cc1. The molecule has 0 radical (unpaired) electrons. The van der Waals surface area contributed by atoms with Crippen molar-refractivity contribution in [1.29, 1.82) is 0 Å². The second-order valence-electron chi connectivity index (χ2n) is 7.56. The van der Waals surface area contributed by atoms with E-state index in [0.717, 1.165) is 11.3 Å². The van der Waals surface area contributed by atoms with Gasteiger partial charge in [-0.15, -0.1) is 0 Å². The minimum absolute atomic E-state index is 0.0480. The number of urea groups is 1. The molecule has 4 rings (SSSR count). The maximum atomic E-state index is 12.9. The Bertz CT molecular complexity index is 812. The van der Waals surface area contributed by atoms with Gasteiger partial charge < -0.3 is 15.1 Å². The van der Waals surface area contributed by atoms with Crippen LogP contribution in [0.15, 0.2) is 24.3 Å². The number of aryl methyl sites for hydroxylation is 1. The van der Waals surface area contributed by atoms with E-state index >= 15 is 0 Å². The molecule has 0 bridgehead atoms. The summed E-state index contributed by atoms with van der Waals surface area (Å²) in [6.45, 7) is 3.14. The number of hydrogen-bond donors (Lipinski definition) is 2. The first kappa shape index (κ1) is 17.5. The summed E-state index contributed by atoms with van der Waals surface area (Å²) >= 11 is 0. The van der Waals surface area contributed by atoms with E-state index in [1.807, 2.05) is 31.2 Å². The predicted octanol–water partition coefficient (Wildman–Crippen LogP) is 0.549. The van der Waals surface area contributed by atoms with Crippen LogP contribution in [0.25, 0.3) is 0 Å². The minimum Gasteiger partial charge on any atom is -0.342 e. The third-order valence-electron chi connectivity index (χ3n) is 5.76. The van der Waals surface area contributed by atoms with Crippen LogP contribution in [0.3, 0.4) is 0 Å². The number of piperidine rings is 1. The highest BCUT2D eigenvalue weighted by Gasteiger charge is 2.49. The van der Waals surface area contributed by atoms with Crippen LogP contribution in [0.2, 0.25) is 0 Å². The molecule has 0 aromatic heterocycles. The van der Waals surface area contributed by atoms with Gasteiger partial charge in [-0.05, 0) is 31.9 Å². The van der Waals surface area contributed by atoms with E-state index in [-0.39, 0.29) is 30.1 Å². The average Bonchev–Trinajstić information content (AvgIpc) is 3.16. The summed E-state index contributed by atoms with van der Waals surface area (Å²) < 4.78 is 0. The number of hydrogen-bond acceptors (Lipinski definition) is 4. The number of benzene rings is 1. The number of imide groups is 1. The lowest BCUT2D eigenvalue weighted by Gasteiger charge is -2.37. The van der Waals surface area contributed by atoms with Crippen molar-refractivity contribution in [2.45, 2.75) is 31.7 Å². The fourth-order valence-corrected chi connectivity index (χ4v) is 4.09. The summed E-state index contributed by atoms with van der Waals surface area (Å²) in [7, 11) is 0. The van der Waals surface area contributed by atoms with Crippen LogP contribution in [0.5, 0.6) is 0 Å². The van der Waals surface area contributed by atoms with Gasteiger partial charge in [-0.25, -0.2) is 4.79 Å². The molecule has 1 aromatic rings. The molecule has 3 aliphatic rings. The van der Waals surface area contributed by atoms with Crippen LogP contribution < -0.4 is 15.5 Å². The van der Waals surface area contributed by atoms with E-state index in [9.17, 15) is 19.2 Å². The highest BCUT2D eigenvalue weighted by Crippen LogP contribution is 2.30. The Kier molecular flexibility index (Phi) is 4.13. The Balaban J connectivity index is 1.39. The van der Waals surface area contributed by atoms with Gasteiger partial charge in [0, 0.05) is 31.7 Å². The number of carbonyl (C=O) groups excluding carboxylic acids is 4. The van der Waals surface area contributed by atoms with Gasteiger partial charge in [-0.1, -0.05) is 17.7 Å². The lowest BCUT2D eigenvalue weighted by molar-refractivity contribution is -0.139. The minimum atomic E-state index is -0.896. The van der Waals surface area contributed by atoms with E-state index in [1.54, 1.807) is 9.80 Å². The van der Waals surface area contributed by atoms with Crippen LogP contribution in [0.1, 0.15) is 24.8 Å². The van der Waals surface area contributed by atoms with Gasteiger partial charge in [0.1, 0.15) is 5.54 Å². The molecule has 1 atom stereocenters. The molecule has 0 aliphatic carbocycles. The Morgan fingerprint density at radius 1 is 1.11 bits per heavy atom. The number of nitrogens with zero attached hydrogens (tertiary/aromatic N) is 2. The molecule has 3 saturated heterocycles. The molecular formula is C19H22N4O4. The van der Waals surface area contributed by atoms with Crippen molar-refractivity contribution in [3.63, 3.8) is 0 Å². The Hall–Kier alpha value is -2.90. The molecule has 0 saturated carbocycles. The molecule has 3 fully saturated rings. The smallest absolute Gasteiger partial charge is 0.322 e. The van der Waals surface area contributed by atoms with Gasteiger partial charge in [-0.2, -0.15) is 0 Å². The zero-order valence-electron chi connectivity index (χ0n) is 15.2. The lowest BCUT2D eigenvalue weighted by atomic mass is 9.87. The van der Waals surface area contributed by atoms with E-state index in [4.69, 9.17) is 0 Å².